The number of aromatic amines is 1. The predicted octanol–water partition coefficient (Wildman–Crippen LogP) is 4.47. The average molecular weight is 1130 g/mol. The van der Waals surface area contributed by atoms with Gasteiger partial charge in [-0.15, -0.1) is 0 Å². The van der Waals surface area contributed by atoms with Gasteiger partial charge < -0.3 is 0 Å². The van der Waals surface area contributed by atoms with E-state index in [2.05, 4.69) is 37.9 Å². The molecule has 11 rings (SSSR count). The van der Waals surface area contributed by atoms with Gasteiger partial charge in [-0.25, -0.2) is 0 Å². The second-order valence-corrected chi connectivity index (χ2v) is 25.8. The van der Waals surface area contributed by atoms with E-state index >= 15 is 0 Å². The van der Waals surface area contributed by atoms with Crippen molar-refractivity contribution in [3.8, 4) is 12.1 Å². The van der Waals surface area contributed by atoms with E-state index in [4.69, 9.17) is 39.3 Å². The number of nitrogen functional groups attached to an aromatic ring is 2. The number of aromatic nitrogens is 6. The van der Waals surface area contributed by atoms with Gasteiger partial charge in [0, 0.05) is 10.6 Å². The fourth-order valence-electron chi connectivity index (χ4n) is 8.51. The molecular weight excluding hydrogens is 1080 g/mol. The molecular formula is C44H50ClN11O3Se4. The summed E-state index contributed by atoms with van der Waals surface area (Å²) in [5.41, 5.74) is 26.3. The van der Waals surface area contributed by atoms with E-state index in [0.717, 1.165) is 111 Å². The number of hydrogen-bond donors (Lipinski definition) is 4. The van der Waals surface area contributed by atoms with Crippen molar-refractivity contribution in [2.75, 3.05) is 11.5 Å². The molecule has 0 fully saturated rings. The number of anilines is 2. The molecule has 6 heterocycles. The molecule has 0 radical (unpaired) electrons. The standard InChI is InChI=1S/C10H11N3OSe.C9H9N3OSe.C9H12N2OSe.C9H10N2Se.C7H8ClN/c1-13-10(14)9-8(11-12-13)6-4-2-3-5-7(6)15-9;13-9-8-7(10-12-11-9)5-3-1-2-4-6(5)14-8;10-7-5-3-1-2-4-6(5)13-8(7)9(11)12;10-5-8-9(11)6-3-1-2-4-7(6)12-8;8-7-4-2-1-3-6(7)5-9/h2-5H2,1H3;1-4H2,(H,10,11,13);1-4,10H2,(H2,11,12);1-4,11H2;1-4H2. The number of amides is 1. The summed E-state index contributed by atoms with van der Waals surface area (Å²) in [5.74, 6) is -0.327. The second kappa shape index (κ2) is 21.9. The average Bonchev–Trinajstić information content (AvgIpc) is 4.07. The molecule has 0 saturated heterocycles. The number of hydrogen-bond acceptors (Lipinski definition) is 11. The zero-order valence-electron chi connectivity index (χ0n) is 35.2. The SMILES string of the molecule is Cn1nnc2c3c([se]c2c1=O)CCCC3.N#CC1=C(Cl)CCCC1.N#Cc1[se]c2c(c1N)CCCC2.NC(=O)c1[se]c2c(c1N)CCCC2.O=c1[nH]nnc2c3c([se]c12)CCCC3. The van der Waals surface area contributed by atoms with E-state index in [9.17, 15) is 14.4 Å². The predicted molar refractivity (Wildman–Crippen MR) is 251 cm³/mol. The summed E-state index contributed by atoms with van der Waals surface area (Å²) >= 11 is 6.58. The van der Waals surface area contributed by atoms with Crippen molar-refractivity contribution in [2.45, 2.75) is 128 Å². The van der Waals surface area contributed by atoms with E-state index in [-0.39, 0.29) is 75.0 Å². The summed E-state index contributed by atoms with van der Waals surface area (Å²) in [4.78, 5) is 34.4. The maximum atomic E-state index is 11.9. The van der Waals surface area contributed by atoms with Crippen LogP contribution in [0.25, 0.3) is 19.6 Å². The Morgan fingerprint density at radius 3 is 1.67 bits per heavy atom. The van der Waals surface area contributed by atoms with Crippen molar-refractivity contribution < 1.29 is 4.79 Å². The summed E-state index contributed by atoms with van der Waals surface area (Å²) in [6.45, 7) is 0. The molecule has 0 atom stereocenters. The number of nitrogens with zero attached hydrogens (tertiary/aromatic N) is 7. The quantitative estimate of drug-likeness (QED) is 0.167. The molecule has 63 heavy (non-hydrogen) atoms. The molecule has 7 N–H and O–H groups in total. The second-order valence-electron chi connectivity index (χ2n) is 16.0. The van der Waals surface area contributed by atoms with Crippen LogP contribution in [0, 0.1) is 22.7 Å². The molecule has 0 spiro atoms. The Labute approximate surface area is 394 Å². The van der Waals surface area contributed by atoms with E-state index in [1.165, 1.54) is 102 Å². The van der Waals surface area contributed by atoms with Gasteiger partial charge in [0.25, 0.3) is 0 Å². The van der Waals surface area contributed by atoms with Crippen LogP contribution in [-0.4, -0.2) is 94.3 Å². The van der Waals surface area contributed by atoms with Crippen LogP contribution >= 0.6 is 11.6 Å². The maximum absolute atomic E-state index is 11.9. The minimum atomic E-state index is -0.327. The number of carbonyl (C=O) groups is 1. The minimum absolute atomic E-state index is 0.0376. The zero-order chi connectivity index (χ0) is 44.6. The van der Waals surface area contributed by atoms with Crippen LogP contribution in [0.1, 0.15) is 131 Å². The number of nitrogens with one attached hydrogen (secondary N) is 1. The number of nitriles is 2. The fourth-order valence-corrected chi connectivity index (χ4v) is 18.8. The number of nitrogens with two attached hydrogens (primary N) is 3. The first kappa shape index (κ1) is 47.2. The van der Waals surface area contributed by atoms with E-state index in [0.29, 0.717) is 10.1 Å². The van der Waals surface area contributed by atoms with E-state index < -0.39 is 0 Å². The molecule has 0 aromatic carbocycles. The van der Waals surface area contributed by atoms with Crippen LogP contribution in [0.5, 0.6) is 0 Å². The van der Waals surface area contributed by atoms with Crippen molar-refractivity contribution in [3.63, 3.8) is 0 Å². The van der Waals surface area contributed by atoms with Crippen LogP contribution in [0.4, 0.5) is 11.4 Å². The van der Waals surface area contributed by atoms with Gasteiger partial charge in [-0.1, -0.05) is 11.6 Å². The van der Waals surface area contributed by atoms with Crippen LogP contribution in [0.3, 0.4) is 0 Å². The molecule has 0 unspecified atom stereocenters. The van der Waals surface area contributed by atoms with Gasteiger partial charge in [0.15, 0.2) is 0 Å². The normalized spacial score (nSPS) is 16.1. The first-order chi connectivity index (χ1) is 30.5. The van der Waals surface area contributed by atoms with Crippen molar-refractivity contribution >= 4 is 106 Å². The van der Waals surface area contributed by atoms with Crippen molar-refractivity contribution in [1.29, 1.82) is 10.5 Å². The Morgan fingerprint density at radius 2 is 1.14 bits per heavy atom. The molecule has 19 heteroatoms. The number of primary amides is 1. The van der Waals surface area contributed by atoms with E-state index in [1.54, 1.807) is 7.05 Å². The summed E-state index contributed by atoms with van der Waals surface area (Å²) in [5, 5.41) is 36.2. The van der Waals surface area contributed by atoms with Crippen LogP contribution in [-0.2, 0) is 58.4 Å². The molecule has 330 valence electrons. The first-order valence-corrected chi connectivity index (χ1v) is 28.7. The Morgan fingerprint density at radius 1 is 0.651 bits per heavy atom. The summed E-state index contributed by atoms with van der Waals surface area (Å²) in [6, 6.07) is 4.31. The van der Waals surface area contributed by atoms with Gasteiger partial charge in [-0.05, 0) is 25.7 Å². The van der Waals surface area contributed by atoms with Crippen LogP contribution in [0.2, 0.25) is 0 Å². The molecule has 0 aliphatic heterocycles. The Bertz CT molecular complexity index is 2890. The molecule has 5 aliphatic carbocycles. The third kappa shape index (κ3) is 10.9. The number of allylic oxidation sites excluding steroid dienone is 2. The number of carbonyl (C=O) groups excluding carboxylic acids is 1. The summed E-state index contributed by atoms with van der Waals surface area (Å²) in [6.07, 6.45) is 22.9. The molecule has 1 amide bonds. The van der Waals surface area contributed by atoms with Crippen LogP contribution < -0.4 is 28.3 Å². The number of rotatable bonds is 1. The van der Waals surface area contributed by atoms with Crippen molar-refractivity contribution in [2.24, 2.45) is 12.8 Å². The van der Waals surface area contributed by atoms with E-state index in [1.807, 2.05) is 0 Å². The number of halogens is 1. The summed E-state index contributed by atoms with van der Waals surface area (Å²) < 4.78 is 10.6. The van der Waals surface area contributed by atoms with Gasteiger partial charge in [0.05, 0.1) is 6.07 Å². The first-order valence-electron chi connectivity index (χ1n) is 21.5. The molecule has 6 aromatic heterocycles. The number of fused-ring (bicyclic) bond motifs is 8. The van der Waals surface area contributed by atoms with Gasteiger partial charge in [-0.3, -0.25) is 0 Å². The fraction of sp³-hybridized carbons (Fsp3) is 0.477. The Balaban J connectivity index is 0.000000119. The molecule has 0 saturated carbocycles. The molecule has 6 aromatic rings. The Kier molecular flexibility index (Phi) is 16.4. The van der Waals surface area contributed by atoms with Gasteiger partial charge in [0.2, 0.25) is 0 Å². The molecule has 14 nitrogen and oxygen atoms in total. The van der Waals surface area contributed by atoms with Crippen molar-refractivity contribution in [1.82, 2.24) is 30.4 Å². The van der Waals surface area contributed by atoms with Gasteiger partial charge in [-0.2, -0.15) is 5.26 Å². The number of aryl methyl sites for hydroxylation is 7. The third-order valence-electron chi connectivity index (χ3n) is 11.8. The molecule has 0 bridgehead atoms. The van der Waals surface area contributed by atoms with Gasteiger partial charge >= 0.3 is 338 Å². The zero-order valence-corrected chi connectivity index (χ0v) is 42.8. The van der Waals surface area contributed by atoms with Crippen molar-refractivity contribution in [3.05, 3.63) is 80.2 Å². The van der Waals surface area contributed by atoms with Crippen LogP contribution in [0.15, 0.2) is 20.2 Å². The topological polar surface area (TPSA) is 249 Å². The van der Waals surface area contributed by atoms with Gasteiger partial charge in [0.1, 0.15) is 0 Å². The monoisotopic (exact) mass is 1140 g/mol. The molecule has 5 aliphatic rings. The summed E-state index contributed by atoms with van der Waals surface area (Å²) in [7, 11) is 1.67. The number of H-pyrrole nitrogens is 1. The third-order valence-corrected chi connectivity index (χ3v) is 22.9. The Hall–Kier alpha value is -3.78.